The number of benzene rings is 3. The molecular formula is C49H58BrClIN8O7P2S2Se-. The Kier molecular flexibility index (Phi) is 55.0. The summed E-state index contributed by atoms with van der Waals surface area (Å²) >= 11 is 17.5. The number of fused-ring (bicyclic) bond motifs is 2. The van der Waals surface area contributed by atoms with E-state index in [0.29, 0.717) is 28.0 Å². The Morgan fingerprint density at radius 3 is 1.65 bits per heavy atom. The van der Waals surface area contributed by atoms with E-state index < -0.39 is 22.5 Å². The molecule has 1 fully saturated rings. The van der Waals surface area contributed by atoms with Gasteiger partial charge in [-0.2, -0.15) is 10.5 Å². The van der Waals surface area contributed by atoms with Gasteiger partial charge in [-0.3, -0.25) is 0 Å². The molecule has 0 aliphatic carbocycles. The van der Waals surface area contributed by atoms with Crippen molar-refractivity contribution < 1.29 is 33.4 Å². The van der Waals surface area contributed by atoms with Gasteiger partial charge in [0.05, 0.1) is 78.7 Å². The first-order valence-corrected chi connectivity index (χ1v) is 30.2. The molecule has 0 amide bonds. The normalized spacial score (nSPS) is 10.1. The van der Waals surface area contributed by atoms with Crippen LogP contribution in [0.25, 0.3) is 44.6 Å². The number of alkyl halides is 3. The van der Waals surface area contributed by atoms with E-state index in [1.807, 2.05) is 115 Å². The molecular weight excluding hydrogens is 1260 g/mol. The van der Waals surface area contributed by atoms with Crippen LogP contribution in [0, 0.1) is 28.9 Å². The predicted molar refractivity (Wildman–Crippen MR) is 318 cm³/mol. The predicted octanol–water partition coefficient (Wildman–Crippen LogP) is 11.1. The number of isocyanates is 1. The standard InChI is InChI=1S/C25H17N3O2.C8H11O2P.C3H7O2P.C2H3NO.2C2H3NS.C2H3NSe.C2H3N.CH3Br.CH3Cl.CH3I/c1-15-13-23(26-19-9-4-2-7-16(15)19)21-11-6-12-22(28-21)24-14-18(25(29)30)17-8-3-5-10-20(17)27-24;1-10-11(7-9)8-5-3-2-4-6-8;1-6-4-2-3-5-6;1-3-2-4;1-4-2-3;2*1-3-2-4;1-2-3;3*1-2/h2-14H,1H3,(H,29,30);2-6,9H,7H2,1H3;2-3H2,1H3;4*1H3;1H3;3*1H3/p-1. The van der Waals surface area contributed by atoms with Crippen molar-refractivity contribution in [1.29, 1.82) is 10.5 Å². The summed E-state index contributed by atoms with van der Waals surface area (Å²) in [4.78, 5) is 46.3. The largest absolute Gasteiger partial charge is 0.545 e. The van der Waals surface area contributed by atoms with Gasteiger partial charge in [0.1, 0.15) is 5.40 Å². The fourth-order valence-electron chi connectivity index (χ4n) is 4.88. The van der Waals surface area contributed by atoms with Gasteiger partial charge in [-0.25, -0.2) is 29.7 Å². The molecule has 23 heteroatoms. The number of thiocyanates is 1. The molecule has 1 aliphatic heterocycles. The molecule has 1 N–H and O–H groups in total. The van der Waals surface area contributed by atoms with Crippen molar-refractivity contribution in [1.82, 2.24) is 15.0 Å². The number of aromatic carboxylic acids is 1. The third kappa shape index (κ3) is 33.6. The topological polar surface area (TPSA) is 228 Å². The first-order valence-electron chi connectivity index (χ1n) is 20.1. The number of nitriles is 2. The van der Waals surface area contributed by atoms with Gasteiger partial charge < -0.3 is 28.6 Å². The van der Waals surface area contributed by atoms with Gasteiger partial charge in [-0.05, 0) is 89.9 Å². The van der Waals surface area contributed by atoms with Gasteiger partial charge in [-0.15, -0.1) is 11.6 Å². The number of para-hydroxylation sites is 2. The molecule has 6 aromatic rings. The minimum Gasteiger partial charge on any atom is -0.545 e. The van der Waals surface area contributed by atoms with Crippen LogP contribution in [-0.4, -0.2) is 135 Å². The fourth-order valence-corrected chi connectivity index (χ4v) is 6.62. The fraction of sp³-hybridized carbons (Fsp3) is 0.286. The number of carboxylic acid groups (broad SMARTS) is 1. The first-order chi connectivity index (χ1) is 34.9. The molecule has 1 aliphatic rings. The average molecular weight is 1320 g/mol. The number of aliphatic imine (C=N–C) groups is 3. The smallest absolute Gasteiger partial charge is 0.167 e. The van der Waals surface area contributed by atoms with Crippen LogP contribution in [0.15, 0.2) is 124 Å². The van der Waals surface area contributed by atoms with E-state index in [-0.39, 0.29) is 11.9 Å². The number of carboxylic acids is 1. The van der Waals surface area contributed by atoms with E-state index in [0.717, 1.165) is 52.4 Å². The number of aliphatic hydroxyl groups is 1. The Bertz CT molecular complexity index is 2580. The van der Waals surface area contributed by atoms with E-state index in [1.54, 1.807) is 51.7 Å². The molecule has 4 heterocycles. The monoisotopic (exact) mass is 1320 g/mol. The Morgan fingerprint density at radius 1 is 0.875 bits per heavy atom. The molecule has 1 unspecified atom stereocenters. The van der Waals surface area contributed by atoms with Crippen LogP contribution in [0.2, 0.25) is 0 Å². The molecule has 0 saturated carbocycles. The number of hydrogen-bond acceptors (Lipinski definition) is 17. The number of pyridine rings is 3. The quantitative estimate of drug-likeness (QED) is 0.0239. The van der Waals surface area contributed by atoms with Gasteiger partial charge >= 0.3 is 32.3 Å². The summed E-state index contributed by atoms with van der Waals surface area (Å²) < 4.78 is 17.5. The van der Waals surface area contributed by atoms with Crippen LogP contribution in [0.5, 0.6) is 0 Å². The molecule has 386 valence electrons. The van der Waals surface area contributed by atoms with E-state index in [9.17, 15) is 9.90 Å². The number of aryl methyl sites for hydroxylation is 1. The second-order valence-corrected chi connectivity index (χ2v) is 16.2. The average Bonchev–Trinajstić information content (AvgIpc) is 3.94. The molecule has 7 rings (SSSR count). The van der Waals surface area contributed by atoms with Crippen LogP contribution in [-0.2, 0) is 18.4 Å². The summed E-state index contributed by atoms with van der Waals surface area (Å²) in [6, 6.07) is 35.7. The maximum atomic E-state index is 11.7. The second kappa shape index (κ2) is 53.2. The van der Waals surface area contributed by atoms with E-state index >= 15 is 0 Å². The Labute approximate surface area is 471 Å². The second-order valence-electron chi connectivity index (χ2n) is 11.7. The van der Waals surface area contributed by atoms with E-state index in [1.165, 1.54) is 32.5 Å². The van der Waals surface area contributed by atoms with Crippen molar-refractivity contribution in [2.75, 3.05) is 77.9 Å². The number of hydrogen-bond donors (Lipinski definition) is 1. The summed E-state index contributed by atoms with van der Waals surface area (Å²) in [7, 11) is 4.99. The summed E-state index contributed by atoms with van der Waals surface area (Å²) in [5, 5.41) is 42.2. The number of thiocarbonyl (C=S) groups is 1. The van der Waals surface area contributed by atoms with E-state index in [2.05, 4.69) is 108 Å². The number of aromatic nitrogens is 3. The third-order valence-corrected chi connectivity index (χ3v) is 10.9. The summed E-state index contributed by atoms with van der Waals surface area (Å²) in [5.41, 5.74) is 5.22. The zero-order valence-corrected chi connectivity index (χ0v) is 51.4. The number of aliphatic hydroxyl groups excluding tert-OH is 1. The number of nitrogens with zero attached hydrogens (tertiary/aromatic N) is 8. The maximum Gasteiger partial charge on any atom is 0.167 e. The summed E-state index contributed by atoms with van der Waals surface area (Å²) in [6.45, 7) is 7.03. The van der Waals surface area contributed by atoms with Gasteiger partial charge in [0.15, 0.2) is 8.38 Å². The Hall–Kier alpha value is -4.09. The Balaban J connectivity index is -0.000000452. The zero-order chi connectivity index (χ0) is 55.5. The number of halogens is 3. The van der Waals surface area contributed by atoms with Crippen molar-refractivity contribution in [3.05, 3.63) is 120 Å². The van der Waals surface area contributed by atoms with Crippen LogP contribution in [0.3, 0.4) is 0 Å². The third-order valence-electron chi connectivity index (χ3n) is 7.52. The maximum absolute atomic E-state index is 11.7. The number of carbonyl (C=O) groups excluding carboxylic acids is 2. The van der Waals surface area contributed by atoms with Crippen LogP contribution in [0.1, 0.15) is 22.8 Å². The summed E-state index contributed by atoms with van der Waals surface area (Å²) in [6.07, 6.45) is 4.61. The molecule has 1 atom stereocenters. The molecule has 72 heavy (non-hydrogen) atoms. The van der Waals surface area contributed by atoms with Crippen LogP contribution in [0.4, 0.5) is 0 Å². The SMILES string of the molecule is CBr.CC#N.CCl.CI.CN=C=O.CN=C=S.CN=C=[Se].COP(CO)c1ccccc1.CP1OCCO1.CSC#N.Cc1cc(-c2cccc(-c3cc(C(=O)[O-])c4ccccc4n3)n2)nc2ccccc12. The number of isothiocyanates is 1. The number of carbonyl (C=O) groups is 1. The van der Waals surface area contributed by atoms with Crippen LogP contribution < -0.4 is 10.4 Å². The minimum atomic E-state index is -1.24. The molecule has 15 nitrogen and oxygen atoms in total. The number of thioether (sulfide) groups is 1. The van der Waals surface area contributed by atoms with Gasteiger partial charge in [0, 0.05) is 62.8 Å². The molecule has 0 bridgehead atoms. The van der Waals surface area contributed by atoms with E-state index in [4.69, 9.17) is 44.0 Å². The van der Waals surface area contributed by atoms with Gasteiger partial charge in [0.2, 0.25) is 6.08 Å². The zero-order valence-electron chi connectivity index (χ0n) is 41.7. The molecule has 0 spiro atoms. The molecule has 1 saturated heterocycles. The van der Waals surface area contributed by atoms with Gasteiger partial charge in [0.25, 0.3) is 0 Å². The van der Waals surface area contributed by atoms with Crippen molar-refractivity contribution in [3.8, 4) is 34.2 Å². The number of rotatable bonds is 6. The summed E-state index contributed by atoms with van der Waals surface area (Å²) in [5.74, 6) is 0.574. The van der Waals surface area contributed by atoms with Crippen LogP contribution >= 0.6 is 90.6 Å². The molecule has 0 radical (unpaired) electrons. The van der Waals surface area contributed by atoms with Gasteiger partial charge in [-0.1, -0.05) is 111 Å². The molecule has 3 aromatic carbocycles. The van der Waals surface area contributed by atoms with Crippen molar-refractivity contribution >= 4 is 155 Å². The van der Waals surface area contributed by atoms with Crippen molar-refractivity contribution in [2.24, 2.45) is 15.0 Å². The first kappa shape index (κ1) is 74.4. The van der Waals surface area contributed by atoms with Crippen molar-refractivity contribution in [2.45, 2.75) is 13.8 Å². The Morgan fingerprint density at radius 2 is 1.29 bits per heavy atom. The molecule has 3 aromatic heterocycles. The van der Waals surface area contributed by atoms with Crippen molar-refractivity contribution in [3.63, 3.8) is 0 Å². The minimum absolute atomic E-state index is 0.0931.